The number of rotatable bonds is 13. The van der Waals surface area contributed by atoms with Gasteiger partial charge in [-0.3, -0.25) is 14.4 Å². The van der Waals surface area contributed by atoms with Gasteiger partial charge in [0.15, 0.2) is 16.8 Å². The SMILES string of the molecule is CCOC1C2(OOC)C(OC(=O)[C@@]3(C)O[C@@H]3C)[C@@]3(C)CC2(O)[C@@](C)([C@H]3CC(=O)OC)[C@]23OC4(C)O[C@](CC(=O)OC)([C@@]12O4)[C@@](C)([C@H](OC(C)=O)c1ccoc1)CC3O. The quantitative estimate of drug-likeness (QED) is 0.0957. The molecule has 16 atom stereocenters. The Bertz CT molecular complexity index is 1910. The highest BCUT2D eigenvalue weighted by molar-refractivity contribution is 5.83. The highest BCUT2D eigenvalue weighted by Crippen LogP contribution is 2.89. The summed E-state index contributed by atoms with van der Waals surface area (Å²) < 4.78 is 62.6. The Labute approximate surface area is 335 Å². The Morgan fingerprint density at radius 3 is 2.17 bits per heavy atom. The molecule has 4 saturated carbocycles. The van der Waals surface area contributed by atoms with Gasteiger partial charge < -0.3 is 57.3 Å². The number of esters is 4. The first-order valence-electron chi connectivity index (χ1n) is 19.6. The first-order valence-corrected chi connectivity index (χ1v) is 19.6. The van der Waals surface area contributed by atoms with Crippen LogP contribution in [0.25, 0.3) is 0 Å². The van der Waals surface area contributed by atoms with E-state index in [-0.39, 0.29) is 25.9 Å². The van der Waals surface area contributed by atoms with Crippen molar-refractivity contribution in [2.75, 3.05) is 27.9 Å². The van der Waals surface area contributed by atoms with Crippen molar-refractivity contribution in [1.82, 2.24) is 0 Å². The van der Waals surface area contributed by atoms with Crippen molar-refractivity contribution >= 4 is 23.9 Å². The third kappa shape index (κ3) is 4.29. The highest BCUT2D eigenvalue weighted by Gasteiger charge is 3.06. The fourth-order valence-corrected chi connectivity index (χ4v) is 13.5. The zero-order chi connectivity index (χ0) is 42.5. The van der Waals surface area contributed by atoms with Gasteiger partial charge in [-0.15, -0.1) is 0 Å². The normalized spacial score (nSPS) is 50.5. The number of aliphatic hydroxyl groups excluding tert-OH is 1. The van der Waals surface area contributed by atoms with Crippen LogP contribution < -0.4 is 0 Å². The number of aliphatic hydroxyl groups is 2. The summed E-state index contributed by atoms with van der Waals surface area (Å²) in [6, 6.07) is 1.58. The summed E-state index contributed by atoms with van der Waals surface area (Å²) in [6.45, 7) is 12.6. The molecule has 0 amide bonds. The van der Waals surface area contributed by atoms with E-state index in [4.69, 9.17) is 56.8 Å². The van der Waals surface area contributed by atoms with Gasteiger partial charge in [0, 0.05) is 48.7 Å². The minimum atomic E-state index is -2.31. The second-order valence-corrected chi connectivity index (χ2v) is 18.0. The molecule has 1 aromatic heterocycles. The van der Waals surface area contributed by atoms with Crippen LogP contribution in [0.1, 0.15) is 92.7 Å². The lowest BCUT2D eigenvalue weighted by atomic mass is 9.32. The second kappa shape index (κ2) is 12.4. The minimum absolute atomic E-state index is 0.110. The molecule has 4 heterocycles. The predicted octanol–water partition coefficient (Wildman–Crippen LogP) is 2.35. The van der Waals surface area contributed by atoms with Gasteiger partial charge in [0.25, 0.3) is 5.97 Å². The monoisotopic (exact) mass is 822 g/mol. The van der Waals surface area contributed by atoms with E-state index in [1.807, 2.05) is 0 Å². The maximum atomic E-state index is 14.3. The molecule has 3 aliphatic heterocycles. The Kier molecular flexibility index (Phi) is 8.91. The molecular weight excluding hydrogens is 768 g/mol. The van der Waals surface area contributed by atoms with Gasteiger partial charge in [0.1, 0.15) is 35.1 Å². The number of carbonyl (C=O) groups is 4. The van der Waals surface area contributed by atoms with Crippen LogP contribution in [0.5, 0.6) is 0 Å². The number of methoxy groups -OCH3 is 2. The van der Waals surface area contributed by atoms with Crippen molar-refractivity contribution in [3.8, 4) is 0 Å². The molecular formula is C40H54O18. The van der Waals surface area contributed by atoms with Gasteiger partial charge in [-0.25, -0.2) is 14.6 Å². The average molecular weight is 823 g/mol. The molecule has 7 fully saturated rings. The zero-order valence-corrected chi connectivity index (χ0v) is 34.7. The minimum Gasteiger partial charge on any atom is -0.472 e. The van der Waals surface area contributed by atoms with Crippen LogP contribution >= 0.6 is 0 Å². The van der Waals surface area contributed by atoms with Crippen LogP contribution in [-0.4, -0.2) is 126 Å². The molecule has 4 bridgehead atoms. The van der Waals surface area contributed by atoms with Gasteiger partial charge >= 0.3 is 23.9 Å². The number of ether oxygens (including phenoxy) is 9. The van der Waals surface area contributed by atoms with E-state index in [1.165, 1.54) is 47.7 Å². The van der Waals surface area contributed by atoms with Crippen molar-refractivity contribution in [2.45, 2.75) is 151 Å². The third-order valence-electron chi connectivity index (χ3n) is 15.6. The molecule has 1 spiro atoms. The van der Waals surface area contributed by atoms with Crippen LogP contribution in [-0.2, 0) is 71.6 Å². The fraction of sp³-hybridized carbons (Fsp3) is 0.800. The molecule has 18 heteroatoms. The van der Waals surface area contributed by atoms with Crippen LogP contribution in [0.15, 0.2) is 23.0 Å². The Morgan fingerprint density at radius 2 is 1.62 bits per heavy atom. The first kappa shape index (κ1) is 41.5. The number of furan rings is 1. The molecule has 8 rings (SSSR count). The molecule has 3 saturated heterocycles. The highest BCUT2D eigenvalue weighted by atomic mass is 17.2. The maximum Gasteiger partial charge on any atom is 0.341 e. The van der Waals surface area contributed by atoms with Crippen molar-refractivity contribution in [3.05, 3.63) is 24.2 Å². The molecule has 0 aromatic carbocycles. The number of fused-ring (bicyclic) bond motifs is 2. The maximum absolute atomic E-state index is 14.3. The Balaban J connectivity index is 1.51. The smallest absolute Gasteiger partial charge is 0.341 e. The lowest BCUT2D eigenvalue weighted by Crippen LogP contribution is -2.98. The van der Waals surface area contributed by atoms with E-state index in [0.29, 0.717) is 5.56 Å². The Hall–Kier alpha value is -3.20. The van der Waals surface area contributed by atoms with E-state index < -0.39 is 123 Å². The van der Waals surface area contributed by atoms with E-state index in [9.17, 15) is 29.4 Å². The third-order valence-corrected chi connectivity index (χ3v) is 15.6. The second-order valence-electron chi connectivity index (χ2n) is 18.0. The van der Waals surface area contributed by atoms with Crippen LogP contribution in [0.4, 0.5) is 0 Å². The summed E-state index contributed by atoms with van der Waals surface area (Å²) in [7, 11) is 3.63. The predicted molar refractivity (Wildman–Crippen MR) is 189 cm³/mol. The molecule has 0 radical (unpaired) electrons. The van der Waals surface area contributed by atoms with Crippen molar-refractivity contribution in [3.63, 3.8) is 0 Å². The van der Waals surface area contributed by atoms with Gasteiger partial charge in [-0.2, -0.15) is 0 Å². The molecule has 1 aromatic rings. The van der Waals surface area contributed by atoms with E-state index in [1.54, 1.807) is 47.6 Å². The van der Waals surface area contributed by atoms with Crippen molar-refractivity contribution in [1.29, 1.82) is 0 Å². The summed E-state index contributed by atoms with van der Waals surface area (Å²) in [6.07, 6.45) is -5.47. The summed E-state index contributed by atoms with van der Waals surface area (Å²) in [4.78, 5) is 67.2. The molecule has 322 valence electrons. The molecule has 18 nitrogen and oxygen atoms in total. The standard InChI is InChI=1S/C40H54O18/c1-12-51-29-38(58-49-11)28(53-30(45)33(6)20(2)54-33)31(4)19-36(38,46)34(7,23(31)15-25(43)47-9)39-24(42)16-32(5,27(52-21(3)41)22-13-14-50-18-22)37(17-26(44)48-10)40(29,39)57-35(8,55-37)56-39/h13-14,18,20,23-24,27-29,42,46H,12,15-17,19H2,1-11H3/t20-,23+,24?,27-,28?,29?,31+,32-,33+,34-,35?,36?,37+,38?,39+,40+/m1/s1. The van der Waals surface area contributed by atoms with Crippen LogP contribution in [0.3, 0.4) is 0 Å². The average Bonchev–Trinajstić information content (AvgIpc) is 3.62. The summed E-state index contributed by atoms with van der Waals surface area (Å²) in [5, 5.41) is 27.3. The van der Waals surface area contributed by atoms with E-state index >= 15 is 0 Å². The van der Waals surface area contributed by atoms with E-state index in [0.717, 1.165) is 0 Å². The molecule has 7 aliphatic rings. The summed E-state index contributed by atoms with van der Waals surface area (Å²) in [5.74, 6) is -6.14. The van der Waals surface area contributed by atoms with Gasteiger partial charge in [0.05, 0.1) is 52.5 Å². The van der Waals surface area contributed by atoms with Gasteiger partial charge in [-0.1, -0.05) is 20.8 Å². The van der Waals surface area contributed by atoms with E-state index in [2.05, 4.69) is 0 Å². The Morgan fingerprint density at radius 1 is 0.966 bits per heavy atom. The van der Waals surface area contributed by atoms with Crippen molar-refractivity contribution < 1.29 is 86.2 Å². The summed E-state index contributed by atoms with van der Waals surface area (Å²) >= 11 is 0. The number of carbonyl (C=O) groups excluding carboxylic acids is 4. The number of hydrogen-bond acceptors (Lipinski definition) is 18. The zero-order valence-electron chi connectivity index (χ0n) is 34.7. The largest absolute Gasteiger partial charge is 0.472 e. The topological polar surface area (TPSA) is 227 Å². The van der Waals surface area contributed by atoms with Crippen LogP contribution in [0.2, 0.25) is 0 Å². The summed E-state index contributed by atoms with van der Waals surface area (Å²) in [5.41, 5.74) is -17.1. The molecule has 2 N–H and O–H groups in total. The molecule has 6 unspecified atom stereocenters. The fourth-order valence-electron chi connectivity index (χ4n) is 13.5. The molecule has 58 heavy (non-hydrogen) atoms. The molecule has 4 aliphatic carbocycles. The van der Waals surface area contributed by atoms with Gasteiger partial charge in [0.2, 0.25) is 0 Å². The number of epoxide rings is 1. The first-order chi connectivity index (χ1) is 27.0. The lowest BCUT2D eigenvalue weighted by Gasteiger charge is -2.79. The van der Waals surface area contributed by atoms with Gasteiger partial charge in [-0.05, 0) is 45.6 Å². The van der Waals surface area contributed by atoms with Crippen LogP contribution in [0, 0.1) is 22.2 Å². The number of hydrogen-bond donors (Lipinski definition) is 2. The lowest BCUT2D eigenvalue weighted by molar-refractivity contribution is -0.512. The van der Waals surface area contributed by atoms with Crippen molar-refractivity contribution in [2.24, 2.45) is 22.2 Å².